The number of rotatable bonds is 7. The van der Waals surface area contributed by atoms with Gasteiger partial charge in [0.25, 0.3) is 5.56 Å². The zero-order valence-corrected chi connectivity index (χ0v) is 18.2. The Morgan fingerprint density at radius 1 is 1.28 bits per heavy atom. The molecule has 0 atom stereocenters. The number of thiazole rings is 1. The Labute approximate surface area is 180 Å². The van der Waals surface area contributed by atoms with Crippen LogP contribution in [0.3, 0.4) is 0 Å². The highest BCUT2D eigenvalue weighted by Crippen LogP contribution is 2.27. The molecule has 0 aliphatic heterocycles. The predicted molar refractivity (Wildman–Crippen MR) is 115 cm³/mol. The second-order valence-corrected chi connectivity index (χ2v) is 8.52. The van der Waals surface area contributed by atoms with Gasteiger partial charge in [0, 0.05) is 29.9 Å². The van der Waals surface area contributed by atoms with E-state index in [4.69, 9.17) is 16.3 Å². The zero-order valence-electron chi connectivity index (χ0n) is 15.8. The Morgan fingerprint density at radius 2 is 2.14 bits per heavy atom. The van der Waals surface area contributed by atoms with E-state index in [-0.39, 0.29) is 12.2 Å². The average molecular weight is 448 g/mol. The summed E-state index contributed by atoms with van der Waals surface area (Å²) in [7, 11) is 0. The monoisotopic (exact) mass is 447 g/mol. The van der Waals surface area contributed by atoms with Crippen molar-refractivity contribution in [1.82, 2.24) is 24.1 Å². The first-order valence-electron chi connectivity index (χ1n) is 8.94. The van der Waals surface area contributed by atoms with E-state index in [2.05, 4.69) is 15.2 Å². The lowest BCUT2D eigenvalue weighted by molar-refractivity contribution is 0.288. The lowest BCUT2D eigenvalue weighted by atomic mass is 10.2. The molecule has 0 unspecified atom stereocenters. The number of aromatic nitrogens is 5. The largest absolute Gasteiger partial charge is 0.484 e. The first-order chi connectivity index (χ1) is 14.0. The van der Waals surface area contributed by atoms with E-state index in [0.717, 1.165) is 16.4 Å². The first-order valence-corrected chi connectivity index (χ1v) is 11.2. The van der Waals surface area contributed by atoms with Gasteiger partial charge in [-0.25, -0.2) is 4.98 Å². The summed E-state index contributed by atoms with van der Waals surface area (Å²) in [6, 6.07) is 7.21. The van der Waals surface area contributed by atoms with Crippen LogP contribution in [0.4, 0.5) is 0 Å². The Kier molecular flexibility index (Phi) is 5.89. The molecule has 4 rings (SSSR count). The van der Waals surface area contributed by atoms with E-state index in [1.807, 2.05) is 42.0 Å². The maximum absolute atomic E-state index is 12.1. The molecule has 0 fully saturated rings. The topological polar surface area (TPSA) is 74.3 Å². The van der Waals surface area contributed by atoms with E-state index in [1.165, 1.54) is 23.1 Å². The van der Waals surface area contributed by atoms with Crippen molar-refractivity contribution in [2.45, 2.75) is 37.9 Å². The lowest BCUT2D eigenvalue weighted by Crippen LogP contribution is -2.12. The number of fused-ring (bicyclic) bond motifs is 1. The molecule has 7 nitrogen and oxygen atoms in total. The Bertz CT molecular complexity index is 1220. The number of thioether (sulfide) groups is 1. The fourth-order valence-electron chi connectivity index (χ4n) is 2.81. The molecular weight excluding hydrogens is 430 g/mol. The number of benzene rings is 1. The summed E-state index contributed by atoms with van der Waals surface area (Å²) in [6.07, 6.45) is 1.73. The van der Waals surface area contributed by atoms with Crippen LogP contribution in [0.2, 0.25) is 5.02 Å². The van der Waals surface area contributed by atoms with Gasteiger partial charge >= 0.3 is 0 Å². The van der Waals surface area contributed by atoms with Gasteiger partial charge < -0.3 is 9.30 Å². The summed E-state index contributed by atoms with van der Waals surface area (Å²) in [5, 5.41) is 11.7. The van der Waals surface area contributed by atoms with Gasteiger partial charge in [0.15, 0.2) is 15.9 Å². The van der Waals surface area contributed by atoms with Crippen molar-refractivity contribution < 1.29 is 4.74 Å². The van der Waals surface area contributed by atoms with Crippen LogP contribution in [0.5, 0.6) is 5.75 Å². The molecule has 4 aromatic rings. The van der Waals surface area contributed by atoms with Crippen LogP contribution >= 0.6 is 34.7 Å². The fraction of sp³-hybridized carbons (Fsp3) is 0.263. The minimum atomic E-state index is -0.0760. The third-order valence-electron chi connectivity index (χ3n) is 4.26. The smallest absolute Gasteiger partial charge is 0.258 e. The number of halogens is 1. The fourth-order valence-corrected chi connectivity index (χ4v) is 4.64. The van der Waals surface area contributed by atoms with E-state index < -0.39 is 0 Å². The molecular formula is C19H18ClN5O2S2. The van der Waals surface area contributed by atoms with E-state index in [9.17, 15) is 4.79 Å². The van der Waals surface area contributed by atoms with Crippen molar-refractivity contribution in [3.8, 4) is 5.75 Å². The number of hydrogen-bond acceptors (Lipinski definition) is 7. The van der Waals surface area contributed by atoms with Crippen molar-refractivity contribution in [3.05, 3.63) is 68.3 Å². The summed E-state index contributed by atoms with van der Waals surface area (Å²) in [5.41, 5.74) is 1.72. The highest BCUT2D eigenvalue weighted by atomic mass is 35.5. The number of ether oxygens (including phenoxy) is 1. The SMILES string of the molecule is CCn1c(COc2cc(C)ccc2Cl)nnc1SCc1cc(=O)n2ccsc2n1. The first kappa shape index (κ1) is 19.9. The number of nitrogens with zero attached hydrogens (tertiary/aromatic N) is 5. The lowest BCUT2D eigenvalue weighted by Gasteiger charge is -2.10. The molecule has 10 heteroatoms. The molecule has 0 aliphatic rings. The molecule has 0 amide bonds. The van der Waals surface area contributed by atoms with Gasteiger partial charge in [0.1, 0.15) is 12.4 Å². The quantitative estimate of drug-likeness (QED) is 0.395. The number of aryl methyl sites for hydroxylation is 1. The highest BCUT2D eigenvalue weighted by molar-refractivity contribution is 7.98. The van der Waals surface area contributed by atoms with Crippen LogP contribution < -0.4 is 10.3 Å². The van der Waals surface area contributed by atoms with Gasteiger partial charge in [-0.05, 0) is 31.5 Å². The van der Waals surface area contributed by atoms with Crippen molar-refractivity contribution >= 4 is 39.7 Å². The van der Waals surface area contributed by atoms with Crippen molar-refractivity contribution in [1.29, 1.82) is 0 Å². The molecule has 0 saturated carbocycles. The Hall–Kier alpha value is -2.36. The Balaban J connectivity index is 1.48. The van der Waals surface area contributed by atoms with Gasteiger partial charge in [-0.3, -0.25) is 9.20 Å². The van der Waals surface area contributed by atoms with Gasteiger partial charge in [0.05, 0.1) is 10.7 Å². The molecule has 150 valence electrons. The maximum atomic E-state index is 12.1. The standard InChI is InChI=1S/C19H18ClN5O2S2/c1-3-24-16(10-27-15-8-12(2)4-5-14(15)20)22-23-19(24)29-11-13-9-17(26)25-6-7-28-18(25)21-13/h4-9H,3,10-11H2,1-2H3. The molecule has 0 bridgehead atoms. The minimum absolute atomic E-state index is 0.0760. The second kappa shape index (κ2) is 8.56. The minimum Gasteiger partial charge on any atom is -0.484 e. The molecule has 0 aliphatic carbocycles. The Morgan fingerprint density at radius 3 is 2.97 bits per heavy atom. The molecule has 0 spiro atoms. The van der Waals surface area contributed by atoms with Gasteiger partial charge in [-0.2, -0.15) is 0 Å². The molecule has 0 radical (unpaired) electrons. The van der Waals surface area contributed by atoms with Crippen molar-refractivity contribution in [2.24, 2.45) is 0 Å². The van der Waals surface area contributed by atoms with E-state index in [1.54, 1.807) is 16.7 Å². The molecule has 0 saturated heterocycles. The molecule has 3 aromatic heterocycles. The number of hydrogen-bond donors (Lipinski definition) is 0. The zero-order chi connectivity index (χ0) is 20.4. The molecule has 1 aromatic carbocycles. The third kappa shape index (κ3) is 4.31. The van der Waals surface area contributed by atoms with Crippen LogP contribution in [0.15, 0.2) is 45.8 Å². The summed E-state index contributed by atoms with van der Waals surface area (Å²) in [5.74, 6) is 1.88. The summed E-state index contributed by atoms with van der Waals surface area (Å²) in [6.45, 7) is 4.99. The van der Waals surface area contributed by atoms with Crippen LogP contribution in [-0.4, -0.2) is 24.1 Å². The summed E-state index contributed by atoms with van der Waals surface area (Å²) >= 11 is 9.13. The van der Waals surface area contributed by atoms with Crippen molar-refractivity contribution in [2.75, 3.05) is 0 Å². The second-order valence-electron chi connectivity index (χ2n) is 6.30. The van der Waals surface area contributed by atoms with Gasteiger partial charge in [-0.15, -0.1) is 21.5 Å². The van der Waals surface area contributed by atoms with Crippen LogP contribution in [0, 0.1) is 6.92 Å². The molecule has 0 N–H and O–H groups in total. The third-order valence-corrected chi connectivity index (χ3v) is 6.33. The van der Waals surface area contributed by atoms with E-state index in [0.29, 0.717) is 33.9 Å². The summed E-state index contributed by atoms with van der Waals surface area (Å²) < 4.78 is 9.39. The summed E-state index contributed by atoms with van der Waals surface area (Å²) in [4.78, 5) is 17.4. The van der Waals surface area contributed by atoms with Gasteiger partial charge in [-0.1, -0.05) is 29.4 Å². The highest BCUT2D eigenvalue weighted by Gasteiger charge is 2.14. The normalized spacial score (nSPS) is 11.3. The van der Waals surface area contributed by atoms with Crippen LogP contribution in [0.1, 0.15) is 24.0 Å². The van der Waals surface area contributed by atoms with Crippen LogP contribution in [0.25, 0.3) is 4.96 Å². The molecule has 29 heavy (non-hydrogen) atoms. The van der Waals surface area contributed by atoms with E-state index >= 15 is 0 Å². The maximum Gasteiger partial charge on any atom is 0.258 e. The predicted octanol–water partition coefficient (Wildman–Crippen LogP) is 4.20. The van der Waals surface area contributed by atoms with Gasteiger partial charge in [0.2, 0.25) is 0 Å². The average Bonchev–Trinajstić information content (AvgIpc) is 3.33. The van der Waals surface area contributed by atoms with Crippen molar-refractivity contribution in [3.63, 3.8) is 0 Å². The molecule has 3 heterocycles. The van der Waals surface area contributed by atoms with Crippen LogP contribution in [-0.2, 0) is 18.9 Å².